The molecule has 3 rings (SSSR count). The number of ether oxygens (including phenoxy) is 3. The molecule has 0 spiro atoms. The van der Waals surface area contributed by atoms with Gasteiger partial charge in [0, 0.05) is 19.3 Å². The number of carbonyl (C=O) groups excluding carboxylic acids is 3. The number of phosphoric ester groups is 1. The zero-order valence-corrected chi connectivity index (χ0v) is 42.8. The van der Waals surface area contributed by atoms with Crippen LogP contribution in [0.3, 0.4) is 0 Å². The number of benzene rings is 3. The normalized spacial score (nSPS) is 14.1. The lowest BCUT2D eigenvalue weighted by atomic mass is 10.1. The highest BCUT2D eigenvalue weighted by molar-refractivity contribution is 7.48. The fourth-order valence-electron chi connectivity index (χ4n) is 7.45. The monoisotopic (exact) mass is 1090 g/mol. The van der Waals surface area contributed by atoms with Crippen LogP contribution in [0.25, 0.3) is 0 Å². The Hall–Kier alpha value is -5.05. The first-order chi connectivity index (χ1) is 35.0. The summed E-state index contributed by atoms with van der Waals surface area (Å²) in [5.74, 6) is -3.23. The second kappa shape index (κ2) is 32.4. The van der Waals surface area contributed by atoms with Crippen LogP contribution in [0.5, 0.6) is 17.2 Å². The van der Waals surface area contributed by atoms with Gasteiger partial charge in [-0.15, -0.1) is 39.5 Å². The maximum atomic E-state index is 15.1. The molecule has 0 aliphatic rings. The Bertz CT molecular complexity index is 1890. The largest absolute Gasteiger partial charge is 0.573 e. The second-order valence-electron chi connectivity index (χ2n) is 17.5. The third-order valence-corrected chi connectivity index (χ3v) is 12.7. The smallest absolute Gasteiger partial charge is 0.406 e. The van der Waals surface area contributed by atoms with E-state index in [4.69, 9.17) is 13.6 Å². The van der Waals surface area contributed by atoms with Gasteiger partial charge in [-0.05, 0) is 72.4 Å². The molecular formula is C51H69F9N3O10P. The lowest BCUT2D eigenvalue weighted by molar-refractivity contribution is -0.275. The molecule has 3 N–H and O–H groups in total. The highest BCUT2D eigenvalue weighted by atomic mass is 31.2. The van der Waals surface area contributed by atoms with Gasteiger partial charge in [0.1, 0.15) is 17.2 Å². The average molecular weight is 1090 g/mol. The van der Waals surface area contributed by atoms with Gasteiger partial charge in [-0.3, -0.25) is 28.0 Å². The summed E-state index contributed by atoms with van der Waals surface area (Å²) in [5, 5.41) is 8.24. The van der Waals surface area contributed by atoms with E-state index in [2.05, 4.69) is 30.2 Å². The van der Waals surface area contributed by atoms with Crippen molar-refractivity contribution in [3.8, 4) is 17.2 Å². The second-order valence-corrected chi connectivity index (χ2v) is 19.2. The SMILES string of the molecule is CCCCCCCC(=O)NC(COP(=O)(OCC(NC(=O)CCCCCCC)c1ccc(OC(F)(F)F)cc1)OCC(NC(=O)CCCCCCC)c1ccc(OC(F)(F)F)cc1)c1ccc(OC(F)(F)F)cc1. The standard InChI is InChI=1S/C51H69F9N3O10P/c1-4-7-10-13-16-19-46(64)61-43(37-22-28-40(29-23-37)71-49(52,53)54)34-68-74(67,69-35-44(62-47(65)20-17-14-11-8-5-2)38-24-30-41(31-25-38)72-50(55,56)57)70-36-45(63-48(66)21-18-15-12-9-6-3)39-26-32-42(33-27-39)73-51(58,59)60/h22-33,43-45H,4-21,34-36H2,1-3H3,(H,61,64)(H,62,65)(H,63,66). The van der Waals surface area contributed by atoms with Crippen LogP contribution < -0.4 is 30.2 Å². The Balaban J connectivity index is 2.07. The molecule has 3 aromatic carbocycles. The lowest BCUT2D eigenvalue weighted by Gasteiger charge is -2.27. The molecule has 74 heavy (non-hydrogen) atoms. The van der Waals surface area contributed by atoms with Crippen LogP contribution in [0.4, 0.5) is 39.5 Å². The summed E-state index contributed by atoms with van der Waals surface area (Å²) in [6.45, 7) is 3.89. The van der Waals surface area contributed by atoms with Gasteiger partial charge in [0.25, 0.3) is 0 Å². The molecule has 3 aromatic rings. The van der Waals surface area contributed by atoms with E-state index in [9.17, 15) is 53.9 Å². The molecule has 0 saturated carbocycles. The van der Waals surface area contributed by atoms with E-state index in [-0.39, 0.29) is 36.0 Å². The summed E-state index contributed by atoms with van der Waals surface area (Å²) in [5.41, 5.74) is 0.502. The maximum Gasteiger partial charge on any atom is 0.573 e. The summed E-state index contributed by atoms with van der Waals surface area (Å²) >= 11 is 0. The number of unbranched alkanes of at least 4 members (excludes halogenated alkanes) is 12. The number of halogens is 9. The summed E-state index contributed by atoms with van der Waals surface area (Å²) in [4.78, 5) is 40.0. The quantitative estimate of drug-likeness (QED) is 0.0291. The van der Waals surface area contributed by atoms with Crippen molar-refractivity contribution in [2.24, 2.45) is 0 Å². The molecule has 3 atom stereocenters. The number of amides is 3. The number of phosphoric acid groups is 1. The third-order valence-electron chi connectivity index (χ3n) is 11.3. The number of hydrogen-bond donors (Lipinski definition) is 3. The molecule has 3 unspecified atom stereocenters. The number of rotatable bonds is 36. The van der Waals surface area contributed by atoms with E-state index in [0.29, 0.717) is 19.3 Å². The molecule has 13 nitrogen and oxygen atoms in total. The van der Waals surface area contributed by atoms with Gasteiger partial charge in [0.05, 0.1) is 37.9 Å². The van der Waals surface area contributed by atoms with Crippen molar-refractivity contribution >= 4 is 25.5 Å². The first-order valence-electron chi connectivity index (χ1n) is 25.0. The number of hydrogen-bond acceptors (Lipinski definition) is 10. The minimum Gasteiger partial charge on any atom is -0.406 e. The van der Waals surface area contributed by atoms with Crippen LogP contribution in [-0.2, 0) is 32.5 Å². The van der Waals surface area contributed by atoms with E-state index in [0.717, 1.165) is 113 Å². The van der Waals surface area contributed by atoms with Crippen LogP contribution in [0, 0.1) is 0 Å². The van der Waals surface area contributed by atoms with Crippen molar-refractivity contribution in [3.05, 3.63) is 89.5 Å². The van der Waals surface area contributed by atoms with Gasteiger partial charge in [-0.1, -0.05) is 134 Å². The van der Waals surface area contributed by atoms with Crippen LogP contribution in [0.2, 0.25) is 0 Å². The van der Waals surface area contributed by atoms with Gasteiger partial charge in [0.2, 0.25) is 17.7 Å². The molecule has 3 amide bonds. The van der Waals surface area contributed by atoms with Crippen molar-refractivity contribution in [3.63, 3.8) is 0 Å². The Morgan fingerprint density at radius 2 is 0.635 bits per heavy atom. The zero-order valence-electron chi connectivity index (χ0n) is 41.9. The minimum absolute atomic E-state index is 0.0414. The van der Waals surface area contributed by atoms with E-state index >= 15 is 4.57 Å². The van der Waals surface area contributed by atoms with Crippen molar-refractivity contribution < 1.29 is 86.2 Å². The summed E-state index contributed by atoms with van der Waals surface area (Å²) in [6.07, 6.45) is -2.97. The van der Waals surface area contributed by atoms with Crippen LogP contribution in [0.1, 0.15) is 171 Å². The third kappa shape index (κ3) is 27.5. The van der Waals surface area contributed by atoms with Gasteiger partial charge >= 0.3 is 26.9 Å². The maximum absolute atomic E-state index is 15.1. The van der Waals surface area contributed by atoms with Gasteiger partial charge in [-0.2, -0.15) is 0 Å². The lowest BCUT2D eigenvalue weighted by Crippen LogP contribution is -2.33. The molecular weight excluding hydrogens is 1020 g/mol. The first kappa shape index (κ1) is 63.2. The zero-order chi connectivity index (χ0) is 54.6. The molecule has 0 saturated heterocycles. The van der Waals surface area contributed by atoms with Crippen molar-refractivity contribution in [2.75, 3.05) is 19.8 Å². The van der Waals surface area contributed by atoms with Crippen molar-refractivity contribution in [2.45, 2.75) is 174 Å². The first-order valence-corrected chi connectivity index (χ1v) is 26.4. The van der Waals surface area contributed by atoms with E-state index < -0.39 is 99.8 Å². The van der Waals surface area contributed by atoms with Crippen LogP contribution in [-0.4, -0.2) is 56.6 Å². The molecule has 416 valence electrons. The number of alkyl halides is 9. The van der Waals surface area contributed by atoms with Crippen molar-refractivity contribution in [1.82, 2.24) is 16.0 Å². The summed E-state index contributed by atoms with van der Waals surface area (Å²) < 4.78 is 163. The van der Waals surface area contributed by atoms with E-state index in [1.807, 2.05) is 20.8 Å². The van der Waals surface area contributed by atoms with Crippen molar-refractivity contribution in [1.29, 1.82) is 0 Å². The predicted octanol–water partition coefficient (Wildman–Crippen LogP) is 14.5. The van der Waals surface area contributed by atoms with Gasteiger partial charge < -0.3 is 30.2 Å². The Labute approximate surface area is 426 Å². The minimum atomic E-state index is -5.06. The highest BCUT2D eigenvalue weighted by Gasteiger charge is 2.36. The Morgan fingerprint density at radius 3 is 0.851 bits per heavy atom. The van der Waals surface area contributed by atoms with Gasteiger partial charge in [0.15, 0.2) is 0 Å². The highest BCUT2D eigenvalue weighted by Crippen LogP contribution is 2.51. The summed E-state index contributed by atoms with van der Waals surface area (Å²) in [6, 6.07) is 9.52. The average Bonchev–Trinajstić information content (AvgIpc) is 3.32. The molecule has 0 bridgehead atoms. The molecule has 0 heterocycles. The van der Waals surface area contributed by atoms with Crippen LogP contribution >= 0.6 is 7.82 Å². The number of carbonyl (C=O) groups is 3. The van der Waals surface area contributed by atoms with E-state index in [1.165, 1.54) is 36.4 Å². The fourth-order valence-corrected chi connectivity index (χ4v) is 8.66. The summed E-state index contributed by atoms with van der Waals surface area (Å²) in [7, 11) is -5.06. The molecule has 0 fully saturated rings. The Morgan fingerprint density at radius 1 is 0.405 bits per heavy atom. The number of nitrogens with one attached hydrogen (secondary N) is 3. The molecule has 0 aromatic heterocycles. The predicted molar refractivity (Wildman–Crippen MR) is 258 cm³/mol. The fraction of sp³-hybridized carbons (Fsp3) is 0.588. The molecule has 0 aliphatic carbocycles. The molecule has 0 radical (unpaired) electrons. The van der Waals surface area contributed by atoms with E-state index in [1.54, 1.807) is 0 Å². The van der Waals surface area contributed by atoms with Crippen LogP contribution in [0.15, 0.2) is 72.8 Å². The topological polar surface area (TPSA) is 160 Å². The molecule has 23 heteroatoms. The molecule has 0 aliphatic heterocycles. The van der Waals surface area contributed by atoms with Gasteiger partial charge in [-0.25, -0.2) is 4.57 Å². The Kier molecular flexibility index (Phi) is 27.7.